The summed E-state index contributed by atoms with van der Waals surface area (Å²) in [5.74, 6) is -1.20. The van der Waals surface area contributed by atoms with E-state index in [9.17, 15) is 35.1 Å². The molecule has 4 unspecified atom stereocenters. The molecule has 224 valence electrons. The maximum atomic E-state index is 14.2. The van der Waals surface area contributed by atoms with Crippen LogP contribution in [0.4, 0.5) is 0 Å². The summed E-state index contributed by atoms with van der Waals surface area (Å²) in [4.78, 5) is 31.7. The zero-order valence-electron chi connectivity index (χ0n) is 22.9. The number of fused-ring (bicyclic) bond motifs is 10. The lowest BCUT2D eigenvalue weighted by molar-refractivity contribution is -0.203. The van der Waals surface area contributed by atoms with Gasteiger partial charge >= 0.3 is 0 Å². The maximum Gasteiger partial charge on any atom is 0.276 e. The highest BCUT2D eigenvalue weighted by Crippen LogP contribution is 2.47. The number of hydrazine groups is 1. The Bertz CT molecular complexity index is 2150. The van der Waals surface area contributed by atoms with Crippen LogP contribution in [0.2, 0.25) is 0 Å². The lowest BCUT2D eigenvalue weighted by atomic mass is 9.96. The highest BCUT2D eigenvalue weighted by Gasteiger charge is 2.44. The Labute approximate surface area is 251 Å². The van der Waals surface area contributed by atoms with Crippen molar-refractivity contribution in [2.24, 2.45) is 0 Å². The number of nitrogens with one attached hydrogen (secondary N) is 2. The molecule has 2 amide bonds. The largest absolute Gasteiger partial charge is 0.508 e. The Morgan fingerprint density at radius 1 is 0.955 bits per heavy atom. The summed E-state index contributed by atoms with van der Waals surface area (Å²) >= 11 is 1.50. The number of aromatic nitrogens is 2. The number of amides is 2. The number of phenolic OH excluding ortho intramolecular Hbond substituents is 2. The summed E-state index contributed by atoms with van der Waals surface area (Å²) in [6.45, 7) is -0.257. The molecule has 0 spiro atoms. The first kappa shape index (κ1) is 27.1. The predicted octanol–water partition coefficient (Wildman–Crippen LogP) is 3.20. The smallest absolute Gasteiger partial charge is 0.276 e. The van der Waals surface area contributed by atoms with Crippen molar-refractivity contribution in [1.82, 2.24) is 20.0 Å². The van der Waals surface area contributed by atoms with Gasteiger partial charge in [-0.05, 0) is 46.7 Å². The van der Waals surface area contributed by atoms with Gasteiger partial charge in [0.05, 0.1) is 45.9 Å². The summed E-state index contributed by atoms with van der Waals surface area (Å²) in [6.07, 6.45) is -4.58. The molecule has 7 N–H and O–H groups in total. The van der Waals surface area contributed by atoms with Gasteiger partial charge in [-0.2, -0.15) is 11.3 Å². The number of nitrogens with zero attached hydrogens (tertiary/aromatic N) is 2. The van der Waals surface area contributed by atoms with Gasteiger partial charge in [-0.15, -0.1) is 0 Å². The molecule has 3 aromatic heterocycles. The SMILES string of the molecule is O=C1c2c(c3c4ccc(O)cc4n(C4OC(CO)C(O)CC4O)c3c3[nH]c4cc(O)ccc4c23)C(=O)N1NCc1ccsc1. The number of hydrogen-bond donors (Lipinski definition) is 7. The minimum Gasteiger partial charge on any atom is -0.508 e. The number of thiophene rings is 1. The van der Waals surface area contributed by atoms with Crippen molar-refractivity contribution in [2.75, 3.05) is 6.61 Å². The van der Waals surface area contributed by atoms with Crippen molar-refractivity contribution in [3.63, 3.8) is 0 Å². The summed E-state index contributed by atoms with van der Waals surface area (Å²) < 4.78 is 7.71. The van der Waals surface area contributed by atoms with Gasteiger partial charge in [0, 0.05) is 46.6 Å². The highest BCUT2D eigenvalue weighted by atomic mass is 32.1. The lowest BCUT2D eigenvalue weighted by Crippen LogP contribution is -2.46. The van der Waals surface area contributed by atoms with Gasteiger partial charge in [-0.25, -0.2) is 10.4 Å². The van der Waals surface area contributed by atoms with Crippen LogP contribution in [0.3, 0.4) is 0 Å². The average molecular weight is 615 g/mol. The van der Waals surface area contributed by atoms with Crippen LogP contribution < -0.4 is 5.43 Å². The Balaban J connectivity index is 1.48. The van der Waals surface area contributed by atoms with E-state index < -0.39 is 43.0 Å². The van der Waals surface area contributed by atoms with Crippen molar-refractivity contribution < 1.29 is 39.9 Å². The molecule has 0 aliphatic carbocycles. The van der Waals surface area contributed by atoms with Crippen molar-refractivity contribution in [3.05, 3.63) is 69.9 Å². The first-order valence-electron chi connectivity index (χ1n) is 14.0. The number of ether oxygens (including phenoxy) is 1. The Hall–Kier alpha value is -4.50. The molecule has 6 aromatic rings. The molecule has 13 heteroatoms. The van der Waals surface area contributed by atoms with E-state index >= 15 is 0 Å². The van der Waals surface area contributed by atoms with Crippen molar-refractivity contribution in [1.29, 1.82) is 0 Å². The molecule has 4 atom stereocenters. The fourth-order valence-corrected chi connectivity index (χ4v) is 7.33. The second-order valence-electron chi connectivity index (χ2n) is 11.2. The molecule has 0 radical (unpaired) electrons. The Kier molecular flexibility index (Phi) is 6.00. The molecule has 2 aliphatic rings. The van der Waals surface area contributed by atoms with E-state index in [-0.39, 0.29) is 35.6 Å². The molecule has 2 aliphatic heterocycles. The second kappa shape index (κ2) is 9.75. The summed E-state index contributed by atoms with van der Waals surface area (Å²) in [5.41, 5.74) is 5.97. The monoisotopic (exact) mass is 614 g/mol. The minimum atomic E-state index is -1.23. The van der Waals surface area contributed by atoms with Crippen LogP contribution in [-0.2, 0) is 11.3 Å². The van der Waals surface area contributed by atoms with Crippen LogP contribution in [0.5, 0.6) is 11.5 Å². The number of rotatable bonds is 5. The number of aliphatic hydroxyl groups excluding tert-OH is 3. The number of phenols is 2. The van der Waals surface area contributed by atoms with E-state index in [0.29, 0.717) is 43.6 Å². The third-order valence-electron chi connectivity index (χ3n) is 8.60. The predicted molar refractivity (Wildman–Crippen MR) is 161 cm³/mol. The van der Waals surface area contributed by atoms with Crippen molar-refractivity contribution in [2.45, 2.75) is 37.5 Å². The zero-order valence-corrected chi connectivity index (χ0v) is 23.7. The summed E-state index contributed by atoms with van der Waals surface area (Å²) in [7, 11) is 0. The summed E-state index contributed by atoms with van der Waals surface area (Å²) in [5, 5.41) is 59.2. The molecule has 44 heavy (non-hydrogen) atoms. The van der Waals surface area contributed by atoms with Crippen LogP contribution in [0, 0.1) is 0 Å². The van der Waals surface area contributed by atoms with Crippen LogP contribution in [0.1, 0.15) is 38.9 Å². The second-order valence-corrected chi connectivity index (χ2v) is 12.0. The molecular weight excluding hydrogens is 588 g/mol. The van der Waals surface area contributed by atoms with E-state index in [2.05, 4.69) is 10.4 Å². The van der Waals surface area contributed by atoms with Gasteiger partial charge in [0.2, 0.25) is 0 Å². The Morgan fingerprint density at radius 2 is 1.68 bits per heavy atom. The van der Waals surface area contributed by atoms with Crippen molar-refractivity contribution >= 4 is 66.8 Å². The van der Waals surface area contributed by atoms with Crippen LogP contribution in [-0.4, -0.2) is 76.8 Å². The molecule has 0 bridgehead atoms. The molecular formula is C31H26N4O8S. The molecule has 8 rings (SSSR count). The van der Waals surface area contributed by atoms with Gasteiger partial charge < -0.3 is 39.8 Å². The molecule has 1 fully saturated rings. The summed E-state index contributed by atoms with van der Waals surface area (Å²) in [6, 6.07) is 11.2. The van der Waals surface area contributed by atoms with Gasteiger partial charge in [-0.3, -0.25) is 9.59 Å². The Morgan fingerprint density at radius 3 is 2.41 bits per heavy atom. The van der Waals surface area contributed by atoms with Crippen molar-refractivity contribution in [3.8, 4) is 11.5 Å². The molecule has 0 saturated carbocycles. The lowest BCUT2D eigenvalue weighted by Gasteiger charge is -2.37. The fraction of sp³-hybridized carbons (Fsp3) is 0.226. The fourth-order valence-electron chi connectivity index (χ4n) is 6.66. The number of H-pyrrole nitrogens is 1. The topological polar surface area (TPSA) is 181 Å². The van der Waals surface area contributed by atoms with E-state index in [1.807, 2.05) is 16.8 Å². The highest BCUT2D eigenvalue weighted by molar-refractivity contribution is 7.07. The van der Waals surface area contributed by atoms with E-state index in [0.717, 1.165) is 10.6 Å². The number of carbonyl (C=O) groups excluding carboxylic acids is 2. The number of carbonyl (C=O) groups is 2. The number of benzene rings is 3. The van der Waals surface area contributed by atoms with E-state index in [1.165, 1.54) is 35.6 Å². The zero-order chi connectivity index (χ0) is 30.4. The molecule has 12 nitrogen and oxygen atoms in total. The van der Waals surface area contributed by atoms with Gasteiger partial charge in [0.1, 0.15) is 23.7 Å². The van der Waals surface area contributed by atoms with Crippen LogP contribution in [0.25, 0.3) is 43.6 Å². The number of hydrogen-bond acceptors (Lipinski definition) is 10. The van der Waals surface area contributed by atoms with Gasteiger partial charge in [0.15, 0.2) is 6.23 Å². The first-order valence-corrected chi connectivity index (χ1v) is 14.9. The van der Waals surface area contributed by atoms with Crippen LogP contribution in [0.15, 0.2) is 53.2 Å². The number of aromatic amines is 1. The van der Waals surface area contributed by atoms with Crippen LogP contribution >= 0.6 is 11.3 Å². The van der Waals surface area contributed by atoms with Gasteiger partial charge in [-0.1, -0.05) is 0 Å². The third kappa shape index (κ3) is 3.75. The first-order chi connectivity index (χ1) is 21.3. The van der Waals surface area contributed by atoms with E-state index in [1.54, 1.807) is 16.7 Å². The quantitative estimate of drug-likeness (QED) is 0.144. The van der Waals surface area contributed by atoms with Gasteiger partial charge in [0.25, 0.3) is 11.8 Å². The number of imide groups is 1. The molecule has 5 heterocycles. The number of aliphatic hydroxyl groups is 3. The average Bonchev–Trinajstić information content (AvgIpc) is 3.76. The molecule has 3 aromatic carbocycles. The normalized spacial score (nSPS) is 22.3. The third-order valence-corrected chi connectivity index (χ3v) is 9.33. The molecule has 1 saturated heterocycles. The number of aromatic hydroxyl groups is 2. The van der Waals surface area contributed by atoms with E-state index in [4.69, 9.17) is 4.74 Å². The standard InChI is InChI=1S/C31H26N4O8S/c36-11-22-20(39)9-21(40)31(43-22)34-19-8-15(38)2-4-17(19)24-26-25(29(41)35(30(26)42)32-10-13-5-6-44-12-13)23-16-3-1-14(37)7-18(16)33-27(23)28(24)34/h1-8,12,20-22,31-33,36-40H,9-11H2. The maximum absolute atomic E-state index is 14.2. The minimum absolute atomic E-state index is 0.00492.